The van der Waals surface area contributed by atoms with E-state index >= 15 is 0 Å². The molecular weight excluding hydrogens is 384 g/mol. The number of carbonyl (C=O) groups excluding carboxylic acids is 2. The van der Waals surface area contributed by atoms with Crippen LogP contribution in [0.1, 0.15) is 12.8 Å². The second kappa shape index (κ2) is 9.53. The molecular formula is C17H22ClF2N3O2S. The fraction of sp³-hybridized carbons (Fsp3) is 0.529. The number of rotatable bonds is 4. The predicted molar refractivity (Wildman–Crippen MR) is 98.5 cm³/mol. The van der Waals surface area contributed by atoms with Crippen LogP contribution in [0, 0.1) is 11.6 Å². The van der Waals surface area contributed by atoms with Gasteiger partial charge in [0.2, 0.25) is 11.8 Å². The number of nitrogens with one attached hydrogen (secondary N) is 1. The largest absolute Gasteiger partial charge is 0.340 e. The summed E-state index contributed by atoms with van der Waals surface area (Å²) in [7, 11) is 0. The van der Waals surface area contributed by atoms with Crippen LogP contribution in [-0.2, 0) is 9.59 Å². The van der Waals surface area contributed by atoms with Crippen LogP contribution in [0.4, 0.5) is 8.78 Å². The molecule has 5 nitrogen and oxygen atoms in total. The molecule has 0 aliphatic carbocycles. The summed E-state index contributed by atoms with van der Waals surface area (Å²) in [5.41, 5.74) is 0. The zero-order valence-electron chi connectivity index (χ0n) is 14.2. The molecule has 1 aromatic rings. The fourth-order valence-corrected chi connectivity index (χ4v) is 4.07. The van der Waals surface area contributed by atoms with E-state index in [9.17, 15) is 18.4 Å². The molecule has 2 saturated heterocycles. The summed E-state index contributed by atoms with van der Waals surface area (Å²) < 4.78 is 26.2. The van der Waals surface area contributed by atoms with Gasteiger partial charge in [-0.25, -0.2) is 8.78 Å². The summed E-state index contributed by atoms with van der Waals surface area (Å²) in [4.78, 5) is 28.7. The summed E-state index contributed by atoms with van der Waals surface area (Å²) in [6, 6.07) is 3.70. The number of amides is 2. The summed E-state index contributed by atoms with van der Waals surface area (Å²) in [5, 5.41) is 3.05. The van der Waals surface area contributed by atoms with Gasteiger partial charge in [0.25, 0.3) is 0 Å². The van der Waals surface area contributed by atoms with Crippen molar-refractivity contribution < 1.29 is 18.4 Å². The number of halogens is 3. The Morgan fingerprint density at radius 2 is 2.08 bits per heavy atom. The van der Waals surface area contributed by atoms with Gasteiger partial charge >= 0.3 is 0 Å². The van der Waals surface area contributed by atoms with Crippen molar-refractivity contribution in [2.75, 3.05) is 38.5 Å². The van der Waals surface area contributed by atoms with Gasteiger partial charge in [0.1, 0.15) is 0 Å². The Morgan fingerprint density at radius 1 is 1.27 bits per heavy atom. The highest BCUT2D eigenvalue weighted by Gasteiger charge is 2.31. The van der Waals surface area contributed by atoms with E-state index in [1.54, 1.807) is 4.90 Å². The molecule has 2 aliphatic heterocycles. The molecule has 0 bridgehead atoms. The molecule has 1 N–H and O–H groups in total. The normalized spacial score (nSPS) is 20.7. The molecule has 0 radical (unpaired) electrons. The van der Waals surface area contributed by atoms with Crippen LogP contribution in [0.15, 0.2) is 23.1 Å². The maximum absolute atomic E-state index is 13.2. The van der Waals surface area contributed by atoms with Crippen molar-refractivity contribution in [3.05, 3.63) is 29.8 Å². The third-order valence-corrected chi connectivity index (χ3v) is 5.55. The second-order valence-corrected chi connectivity index (χ2v) is 7.31. The smallest absolute Gasteiger partial charge is 0.236 e. The predicted octanol–water partition coefficient (Wildman–Crippen LogP) is 1.90. The maximum Gasteiger partial charge on any atom is 0.236 e. The van der Waals surface area contributed by atoms with Gasteiger partial charge in [0, 0.05) is 37.1 Å². The topological polar surface area (TPSA) is 52.7 Å². The number of thioether (sulfide) groups is 1. The summed E-state index contributed by atoms with van der Waals surface area (Å²) in [6.07, 6.45) is 1.77. The van der Waals surface area contributed by atoms with E-state index in [4.69, 9.17) is 0 Å². The monoisotopic (exact) mass is 405 g/mol. The van der Waals surface area contributed by atoms with Gasteiger partial charge in [-0.3, -0.25) is 9.59 Å². The number of benzene rings is 1. The Kier molecular flexibility index (Phi) is 7.67. The van der Waals surface area contributed by atoms with E-state index in [2.05, 4.69) is 5.32 Å². The second-order valence-electron chi connectivity index (χ2n) is 6.26. The lowest BCUT2D eigenvalue weighted by atomic mass is 10.0. The summed E-state index contributed by atoms with van der Waals surface area (Å²) in [5.74, 6) is -1.58. The van der Waals surface area contributed by atoms with E-state index in [0.717, 1.165) is 31.5 Å². The zero-order chi connectivity index (χ0) is 17.8. The molecule has 2 fully saturated rings. The van der Waals surface area contributed by atoms with Gasteiger partial charge in [-0.05, 0) is 31.0 Å². The van der Waals surface area contributed by atoms with E-state index < -0.39 is 11.6 Å². The minimum absolute atomic E-state index is 0. The van der Waals surface area contributed by atoms with Crippen molar-refractivity contribution >= 4 is 36.0 Å². The molecule has 0 saturated carbocycles. The highest BCUT2D eigenvalue weighted by Crippen LogP contribution is 2.22. The number of piperidine rings is 1. The number of hydrogen-bond donors (Lipinski definition) is 1. The highest BCUT2D eigenvalue weighted by molar-refractivity contribution is 8.00. The lowest BCUT2D eigenvalue weighted by Crippen LogP contribution is -2.57. The summed E-state index contributed by atoms with van der Waals surface area (Å²) in [6.45, 7) is 3.03. The number of piperazine rings is 1. The molecule has 9 heteroatoms. The Bertz CT molecular complexity index is 665. The lowest BCUT2D eigenvalue weighted by molar-refractivity contribution is -0.139. The van der Waals surface area contributed by atoms with E-state index in [1.807, 2.05) is 4.90 Å². The SMILES string of the molecule is Cl.O=C(CSc1ccc(F)c(F)c1)N1CCCC(N2CCNCC2=O)C1. The van der Waals surface area contributed by atoms with Gasteiger partial charge in [-0.1, -0.05) is 0 Å². The molecule has 1 atom stereocenters. The van der Waals surface area contributed by atoms with E-state index in [-0.39, 0.29) is 36.0 Å². The summed E-state index contributed by atoms with van der Waals surface area (Å²) >= 11 is 1.19. The minimum atomic E-state index is -0.910. The molecule has 3 rings (SSSR count). The van der Waals surface area contributed by atoms with Crippen molar-refractivity contribution in [1.82, 2.24) is 15.1 Å². The molecule has 0 aromatic heterocycles. The van der Waals surface area contributed by atoms with Gasteiger partial charge in [0.05, 0.1) is 12.3 Å². The fourth-order valence-electron chi connectivity index (χ4n) is 3.25. The third-order valence-electron chi connectivity index (χ3n) is 4.57. The quantitative estimate of drug-likeness (QED) is 0.777. The van der Waals surface area contributed by atoms with Gasteiger partial charge in [-0.15, -0.1) is 24.2 Å². The van der Waals surface area contributed by atoms with Crippen molar-refractivity contribution in [3.63, 3.8) is 0 Å². The van der Waals surface area contributed by atoms with Gasteiger partial charge in [0.15, 0.2) is 11.6 Å². The van der Waals surface area contributed by atoms with Crippen molar-refractivity contribution in [2.45, 2.75) is 23.8 Å². The average molecular weight is 406 g/mol. The van der Waals surface area contributed by atoms with Crippen LogP contribution in [0.5, 0.6) is 0 Å². The van der Waals surface area contributed by atoms with Crippen LogP contribution in [0.25, 0.3) is 0 Å². The molecule has 1 aromatic carbocycles. The third kappa shape index (κ3) is 5.08. The van der Waals surface area contributed by atoms with Crippen molar-refractivity contribution in [2.24, 2.45) is 0 Å². The first kappa shape index (κ1) is 20.9. The minimum Gasteiger partial charge on any atom is -0.340 e. The highest BCUT2D eigenvalue weighted by atomic mass is 35.5. The molecule has 144 valence electrons. The van der Waals surface area contributed by atoms with Crippen LogP contribution < -0.4 is 5.32 Å². The Hall–Kier alpha value is -1.38. The first-order valence-electron chi connectivity index (χ1n) is 8.40. The molecule has 26 heavy (non-hydrogen) atoms. The van der Waals surface area contributed by atoms with Crippen LogP contribution in [0.3, 0.4) is 0 Å². The number of nitrogens with zero attached hydrogens (tertiary/aromatic N) is 2. The first-order valence-corrected chi connectivity index (χ1v) is 9.39. The Labute approximate surface area is 161 Å². The van der Waals surface area contributed by atoms with Crippen LogP contribution >= 0.6 is 24.2 Å². The Balaban J connectivity index is 0.00000243. The molecule has 0 spiro atoms. The number of carbonyl (C=O) groups is 2. The molecule has 2 amide bonds. The standard InChI is InChI=1S/C17H21F2N3O2S.ClH/c18-14-4-3-13(8-15(14)19)25-11-17(24)21-6-1-2-12(10-21)22-7-5-20-9-16(22)23;/h3-4,8,12,20H,1-2,5-7,9-11H2;1H. The average Bonchev–Trinajstić information content (AvgIpc) is 2.63. The van der Waals surface area contributed by atoms with E-state index in [0.29, 0.717) is 31.1 Å². The van der Waals surface area contributed by atoms with E-state index in [1.165, 1.54) is 17.8 Å². The molecule has 2 aliphatic rings. The molecule has 2 heterocycles. The number of hydrogen-bond acceptors (Lipinski definition) is 4. The first-order chi connectivity index (χ1) is 12.0. The van der Waals surface area contributed by atoms with Crippen molar-refractivity contribution in [1.29, 1.82) is 0 Å². The Morgan fingerprint density at radius 3 is 2.81 bits per heavy atom. The lowest BCUT2D eigenvalue weighted by Gasteiger charge is -2.41. The number of likely N-dealkylation sites (tertiary alicyclic amines) is 1. The van der Waals surface area contributed by atoms with Gasteiger partial charge in [-0.2, -0.15) is 0 Å². The maximum atomic E-state index is 13.2. The molecule has 1 unspecified atom stereocenters. The zero-order valence-corrected chi connectivity index (χ0v) is 15.9. The van der Waals surface area contributed by atoms with Crippen LogP contribution in [-0.4, -0.2) is 66.1 Å². The van der Waals surface area contributed by atoms with Crippen LogP contribution in [0.2, 0.25) is 0 Å². The van der Waals surface area contributed by atoms with Crippen molar-refractivity contribution in [3.8, 4) is 0 Å². The van der Waals surface area contributed by atoms with Gasteiger partial charge < -0.3 is 15.1 Å².